The summed E-state index contributed by atoms with van der Waals surface area (Å²) in [6, 6.07) is 9.03. The van der Waals surface area contributed by atoms with Crippen LogP contribution in [0.15, 0.2) is 30.3 Å². The number of rotatable bonds is 6. The minimum atomic E-state index is -0.284. The molecular weight excluding hydrogens is 437 g/mol. The third-order valence-electron chi connectivity index (χ3n) is 5.29. The van der Waals surface area contributed by atoms with E-state index in [1.165, 1.54) is 0 Å². The lowest BCUT2D eigenvalue weighted by molar-refractivity contribution is -0.131. The molecule has 1 N–H and O–H groups in total. The number of halogens is 2. The molecule has 2 amide bonds. The van der Waals surface area contributed by atoms with Crippen LogP contribution in [0.3, 0.4) is 0 Å². The highest BCUT2D eigenvalue weighted by atomic mass is 35.5. The Morgan fingerprint density at radius 1 is 1.06 bits per heavy atom. The highest BCUT2D eigenvalue weighted by molar-refractivity contribution is 6.34. The van der Waals surface area contributed by atoms with E-state index in [4.69, 9.17) is 27.9 Å². The molecule has 0 unspecified atom stereocenters. The first-order valence-corrected chi connectivity index (χ1v) is 11.1. The molecule has 6 nitrogen and oxygen atoms in total. The van der Waals surface area contributed by atoms with E-state index in [2.05, 4.69) is 10.2 Å². The summed E-state index contributed by atoms with van der Waals surface area (Å²) >= 11 is 12.7. The van der Waals surface area contributed by atoms with Crippen molar-refractivity contribution in [2.45, 2.75) is 27.2 Å². The highest BCUT2D eigenvalue weighted by Crippen LogP contribution is 2.34. The second kappa shape index (κ2) is 10.2. The quantitative estimate of drug-likeness (QED) is 0.674. The number of benzene rings is 2. The Balaban J connectivity index is 1.66. The Bertz CT molecular complexity index is 950. The number of para-hydroxylation sites is 1. The SMILES string of the molecule is CCC(=O)N1CCN(c2c(Cl)cccc2NC(=O)COc2cc(C)c(Cl)c(C)c2)CC1. The van der Waals surface area contributed by atoms with Crippen LogP contribution in [-0.2, 0) is 9.59 Å². The normalized spacial score (nSPS) is 13.8. The van der Waals surface area contributed by atoms with Crippen molar-refractivity contribution in [3.8, 4) is 5.75 Å². The summed E-state index contributed by atoms with van der Waals surface area (Å²) in [5, 5.41) is 4.16. The smallest absolute Gasteiger partial charge is 0.262 e. The molecule has 0 aromatic heterocycles. The van der Waals surface area contributed by atoms with Gasteiger partial charge in [-0.2, -0.15) is 0 Å². The molecule has 0 radical (unpaired) electrons. The number of nitrogens with zero attached hydrogens (tertiary/aromatic N) is 2. The van der Waals surface area contributed by atoms with Crippen molar-refractivity contribution in [2.75, 3.05) is 43.0 Å². The van der Waals surface area contributed by atoms with E-state index in [0.717, 1.165) is 16.8 Å². The molecule has 3 rings (SSSR count). The molecule has 1 aliphatic heterocycles. The maximum atomic E-state index is 12.6. The maximum absolute atomic E-state index is 12.6. The largest absolute Gasteiger partial charge is 0.484 e. The van der Waals surface area contributed by atoms with Gasteiger partial charge in [0.05, 0.1) is 16.4 Å². The van der Waals surface area contributed by atoms with Crippen LogP contribution in [0.1, 0.15) is 24.5 Å². The summed E-state index contributed by atoms with van der Waals surface area (Å²) in [7, 11) is 0. The number of hydrogen-bond acceptors (Lipinski definition) is 4. The third kappa shape index (κ3) is 5.63. The molecule has 2 aromatic rings. The fourth-order valence-electron chi connectivity index (χ4n) is 3.67. The Morgan fingerprint density at radius 2 is 1.71 bits per heavy atom. The van der Waals surface area contributed by atoms with Gasteiger partial charge in [-0.15, -0.1) is 0 Å². The van der Waals surface area contributed by atoms with E-state index < -0.39 is 0 Å². The Morgan fingerprint density at radius 3 is 2.32 bits per heavy atom. The third-order valence-corrected chi connectivity index (χ3v) is 6.19. The second-order valence-corrected chi connectivity index (χ2v) is 8.35. The number of piperazine rings is 1. The van der Waals surface area contributed by atoms with Crippen LogP contribution >= 0.6 is 23.2 Å². The predicted molar refractivity (Wildman–Crippen MR) is 126 cm³/mol. The highest BCUT2D eigenvalue weighted by Gasteiger charge is 2.24. The number of carbonyl (C=O) groups is 2. The first-order chi connectivity index (χ1) is 14.8. The van der Waals surface area contributed by atoms with Gasteiger partial charge in [0, 0.05) is 37.6 Å². The number of nitrogens with one attached hydrogen (secondary N) is 1. The minimum Gasteiger partial charge on any atom is -0.484 e. The molecule has 1 heterocycles. The number of ether oxygens (including phenoxy) is 1. The molecule has 0 saturated carbocycles. The molecule has 0 spiro atoms. The molecule has 0 aliphatic carbocycles. The molecule has 2 aromatic carbocycles. The van der Waals surface area contributed by atoms with Gasteiger partial charge in [-0.25, -0.2) is 0 Å². The van der Waals surface area contributed by atoms with Crippen molar-refractivity contribution in [3.05, 3.63) is 51.5 Å². The summed E-state index contributed by atoms with van der Waals surface area (Å²) in [5.41, 5.74) is 3.18. The molecule has 8 heteroatoms. The van der Waals surface area contributed by atoms with E-state index in [1.54, 1.807) is 12.1 Å². The second-order valence-electron chi connectivity index (χ2n) is 7.57. The number of amides is 2. The number of aryl methyl sites for hydroxylation is 2. The van der Waals surface area contributed by atoms with Crippen LogP contribution in [0, 0.1) is 13.8 Å². The topological polar surface area (TPSA) is 61.9 Å². The molecule has 1 aliphatic rings. The zero-order valence-electron chi connectivity index (χ0n) is 18.0. The van der Waals surface area contributed by atoms with Crippen molar-refractivity contribution >= 4 is 46.4 Å². The van der Waals surface area contributed by atoms with E-state index in [-0.39, 0.29) is 18.4 Å². The fourth-order valence-corrected chi connectivity index (χ4v) is 4.07. The monoisotopic (exact) mass is 463 g/mol. The lowest BCUT2D eigenvalue weighted by atomic mass is 10.1. The van der Waals surface area contributed by atoms with Crippen LogP contribution < -0.4 is 15.0 Å². The van der Waals surface area contributed by atoms with Crippen molar-refractivity contribution in [2.24, 2.45) is 0 Å². The van der Waals surface area contributed by atoms with Gasteiger partial charge in [-0.1, -0.05) is 36.2 Å². The van der Waals surface area contributed by atoms with Crippen LogP contribution in [0.25, 0.3) is 0 Å². The van der Waals surface area contributed by atoms with E-state index >= 15 is 0 Å². The average molecular weight is 464 g/mol. The van der Waals surface area contributed by atoms with Gasteiger partial charge in [-0.05, 0) is 49.2 Å². The summed E-state index contributed by atoms with van der Waals surface area (Å²) in [6.07, 6.45) is 0.500. The first kappa shape index (κ1) is 23.2. The van der Waals surface area contributed by atoms with E-state index in [9.17, 15) is 9.59 Å². The Hall–Kier alpha value is -2.44. The molecule has 166 valence electrons. The zero-order chi connectivity index (χ0) is 22.5. The zero-order valence-corrected chi connectivity index (χ0v) is 19.5. The van der Waals surface area contributed by atoms with Crippen molar-refractivity contribution < 1.29 is 14.3 Å². The van der Waals surface area contributed by atoms with Crippen molar-refractivity contribution in [1.82, 2.24) is 4.90 Å². The van der Waals surface area contributed by atoms with Gasteiger partial charge in [0.15, 0.2) is 6.61 Å². The van der Waals surface area contributed by atoms with Crippen LogP contribution in [0.2, 0.25) is 10.0 Å². The molecule has 31 heavy (non-hydrogen) atoms. The van der Waals surface area contributed by atoms with Gasteiger partial charge in [-0.3, -0.25) is 9.59 Å². The van der Waals surface area contributed by atoms with E-state index in [1.807, 2.05) is 43.9 Å². The van der Waals surface area contributed by atoms with Gasteiger partial charge >= 0.3 is 0 Å². The van der Waals surface area contributed by atoms with Crippen molar-refractivity contribution in [3.63, 3.8) is 0 Å². The van der Waals surface area contributed by atoms with Gasteiger partial charge in [0.1, 0.15) is 5.75 Å². The number of hydrogen-bond donors (Lipinski definition) is 1. The standard InChI is InChI=1S/C23H27Cl2N3O3/c1-4-21(30)27-8-10-28(11-9-27)23-18(24)6-5-7-19(23)26-20(29)14-31-17-12-15(2)22(25)16(3)13-17/h5-7,12-13H,4,8-11,14H2,1-3H3,(H,26,29). The van der Waals surface area contributed by atoms with Crippen molar-refractivity contribution in [1.29, 1.82) is 0 Å². The average Bonchev–Trinajstić information content (AvgIpc) is 2.75. The molecule has 1 saturated heterocycles. The lowest BCUT2D eigenvalue weighted by Gasteiger charge is -2.37. The summed E-state index contributed by atoms with van der Waals surface area (Å²) < 4.78 is 5.66. The predicted octanol–water partition coefficient (Wildman–Crippen LogP) is 4.69. The number of carbonyl (C=O) groups excluding carboxylic acids is 2. The van der Waals surface area contributed by atoms with Gasteiger partial charge in [0.25, 0.3) is 5.91 Å². The summed E-state index contributed by atoms with van der Waals surface area (Å²) in [6.45, 7) is 8.09. The summed E-state index contributed by atoms with van der Waals surface area (Å²) in [5.74, 6) is 0.461. The molecular formula is C23H27Cl2N3O3. The van der Waals surface area contributed by atoms with Crippen LogP contribution in [0.4, 0.5) is 11.4 Å². The first-order valence-electron chi connectivity index (χ1n) is 10.3. The summed E-state index contributed by atoms with van der Waals surface area (Å²) in [4.78, 5) is 28.5. The van der Waals surface area contributed by atoms with Gasteiger partial charge in [0.2, 0.25) is 5.91 Å². The number of anilines is 2. The minimum absolute atomic E-state index is 0.134. The van der Waals surface area contributed by atoms with Crippen LogP contribution in [-0.4, -0.2) is 49.5 Å². The lowest BCUT2D eigenvalue weighted by Crippen LogP contribution is -2.48. The molecule has 0 atom stereocenters. The van der Waals surface area contributed by atoms with E-state index in [0.29, 0.717) is 54.1 Å². The van der Waals surface area contributed by atoms with Crippen LogP contribution in [0.5, 0.6) is 5.75 Å². The fraction of sp³-hybridized carbons (Fsp3) is 0.391. The Kier molecular flexibility index (Phi) is 7.68. The Labute approximate surface area is 193 Å². The molecule has 1 fully saturated rings. The van der Waals surface area contributed by atoms with Gasteiger partial charge < -0.3 is 19.9 Å². The maximum Gasteiger partial charge on any atom is 0.262 e. The molecule has 0 bridgehead atoms.